The van der Waals surface area contributed by atoms with Crippen molar-refractivity contribution in [2.45, 2.75) is 255 Å². The molecule has 2 unspecified atom stereocenters. The maximum absolute atomic E-state index is 15.2. The van der Waals surface area contributed by atoms with Crippen LogP contribution in [0.3, 0.4) is 0 Å². The Kier molecular flexibility index (Phi) is 25.7. The second kappa shape index (κ2) is 34.4. The van der Waals surface area contributed by atoms with Gasteiger partial charge < -0.3 is 98.5 Å². The lowest BCUT2D eigenvalue weighted by atomic mass is 9.44. The fourth-order valence-electron chi connectivity index (χ4n) is 20.0. The fraction of sp³-hybridized carbons (Fsp3) is 0.516. The minimum Gasteiger partial charge on any atom is -0.456 e. The predicted molar refractivity (Wildman–Crippen MR) is 437 cm³/mol. The summed E-state index contributed by atoms with van der Waals surface area (Å²) in [4.78, 5) is 154. The lowest BCUT2D eigenvalue weighted by Crippen LogP contribution is -2.81. The van der Waals surface area contributed by atoms with Gasteiger partial charge in [-0.2, -0.15) is 0 Å². The zero-order valence-electron chi connectivity index (χ0n) is 72.0. The van der Waals surface area contributed by atoms with E-state index in [0.29, 0.717) is 11.1 Å². The number of amides is 2. The summed E-state index contributed by atoms with van der Waals surface area (Å²) < 4.78 is 65.6. The maximum atomic E-state index is 15.2. The van der Waals surface area contributed by atoms with Crippen LogP contribution in [0.15, 0.2) is 174 Å². The van der Waals surface area contributed by atoms with Crippen molar-refractivity contribution in [2.24, 2.45) is 33.5 Å². The van der Waals surface area contributed by atoms with Gasteiger partial charge in [-0.25, -0.2) is 33.6 Å². The number of ketones is 2. The van der Waals surface area contributed by atoms with Crippen LogP contribution in [0, 0.1) is 33.5 Å². The van der Waals surface area contributed by atoms with Crippen LogP contribution in [0.5, 0.6) is 0 Å². The number of hydrogen-bond acceptors (Lipinski definition) is 29. The Morgan fingerprint density at radius 3 is 1.11 bits per heavy atom. The third-order valence-corrected chi connectivity index (χ3v) is 26.4. The monoisotopic (exact) mass is 1720 g/mol. The number of esters is 7. The van der Waals surface area contributed by atoms with Gasteiger partial charge in [-0.05, 0) is 139 Å². The number of rotatable bonds is 18. The van der Waals surface area contributed by atoms with Gasteiger partial charge in [0.2, 0.25) is 6.10 Å². The number of aliphatic hydroxyl groups is 7. The molecule has 666 valence electrons. The minimum absolute atomic E-state index is 0.0616. The summed E-state index contributed by atoms with van der Waals surface area (Å²) in [6.45, 7) is 23.5. The van der Waals surface area contributed by atoms with Crippen molar-refractivity contribution in [2.75, 3.05) is 13.2 Å². The molecule has 8 aliphatic rings. The van der Waals surface area contributed by atoms with E-state index in [1.54, 1.807) is 184 Å². The SMILES string of the molecule is CC(=O)O[C@@]12CO[C@@H]1C[C@H](O)[C@@]1(C)C(=O)[C@H](O)C3=C(C)[C@@H](OC(=O)[C@H](O)[C@@H](NC(=O)OC(C)(C)C)c4ccccc4)C[C@@](O)([C@@H](OC(=O)c4ccccc4)C12)C3(C)C.CC(=O)O[C@@]12CO[C@@H]1C[C@H](O)[C@@]1(C)C(=O)[C@H](O)C3=C(C)[C@@H](OC(=O)[C@H](OC(=O)c4ccccc4)[C@@H](NC(=O)OC(C)(C)C)c4ccccc4)C[C@@](O)([C@@H](OC(=O)c4ccccc4)C12)C3(C)C. The zero-order chi connectivity index (χ0) is 90.9. The summed E-state index contributed by atoms with van der Waals surface area (Å²) >= 11 is 0. The summed E-state index contributed by atoms with van der Waals surface area (Å²) in [6, 6.07) is 37.0. The predicted octanol–water partition coefficient (Wildman–Crippen LogP) is 8.38. The van der Waals surface area contributed by atoms with E-state index >= 15 is 9.59 Å². The molecule has 2 aliphatic heterocycles. The number of nitrogens with one attached hydrogen (secondary N) is 2. The molecule has 124 heavy (non-hydrogen) atoms. The molecular weight excluding hydrogens is 1610 g/mol. The largest absolute Gasteiger partial charge is 0.456 e. The number of benzene rings is 5. The van der Waals surface area contributed by atoms with Gasteiger partial charge in [-0.1, -0.05) is 143 Å². The number of Topliss-reactive ketones (excluding diaryl/α,β-unsaturated/α-hetero) is 2. The highest BCUT2D eigenvalue weighted by atomic mass is 16.7. The number of alkyl carbamates (subject to hydrolysis) is 2. The van der Waals surface area contributed by atoms with Gasteiger partial charge >= 0.3 is 54.0 Å². The standard InChI is InChI=1S/C50H57NO15.C43H53NO14/c1-27-32(62-44(58)38(63-42(56)30-20-14-10-15-21-30)36(29-18-12-9-13-19-29)51-45(59)66-46(3,4)5)25-50(60)41(64-43(57)31-22-16-11-17-23-31)39-48(8,40(55)37(54)35(27)47(50,6)7)33(53)24-34-49(39,26-61-34)65-28(2)52;1-22-26(55-37(51)32(48)30(24-15-11-9-12-16-24)44-38(52)58-39(3,4)5)20-43(53)35(56-36(50)25-17-13-10-14-18-25)33-41(8,34(49)31(47)29(22)40(43,6)7)27(46)19-28-42(33,21-54-28)57-23(2)45/h9-23,32-34,36-39,41,53-54,60H,24-26H2,1-8H3,(H,51,59);9-18,26-28,30-33,35,46-48,53H,19-21H2,1-8H3,(H,44,52)/t32-,33-,34+,36-,37+,38+,39?,41-,48+,49-,50+;26-,27-,28+,30-,31+,32+,33?,35-,41+,42-,43+/m00/s1. The normalized spacial score (nSPS) is 32.2. The molecule has 31 nitrogen and oxygen atoms in total. The Morgan fingerprint density at radius 1 is 0.460 bits per heavy atom. The highest BCUT2D eigenvalue weighted by Gasteiger charge is 2.80. The number of fused-ring (bicyclic) bond motifs is 10. The number of ether oxygens (including phenoxy) is 11. The van der Waals surface area contributed by atoms with Crippen molar-refractivity contribution in [1.82, 2.24) is 10.6 Å². The van der Waals surface area contributed by atoms with Crippen molar-refractivity contribution >= 4 is 65.5 Å². The van der Waals surface area contributed by atoms with Crippen molar-refractivity contribution in [1.29, 1.82) is 0 Å². The Bertz CT molecular complexity index is 4990. The van der Waals surface area contributed by atoms with Crippen LogP contribution in [0.2, 0.25) is 0 Å². The Balaban J connectivity index is 0.000000228. The first-order valence-corrected chi connectivity index (χ1v) is 41.2. The van der Waals surface area contributed by atoms with E-state index in [0.717, 1.165) is 13.8 Å². The average Bonchev–Trinajstić information content (AvgIpc) is 0.672. The lowest BCUT2D eigenvalue weighted by molar-refractivity contribution is -0.346. The smallest absolute Gasteiger partial charge is 0.408 e. The lowest BCUT2D eigenvalue weighted by Gasteiger charge is -2.67. The van der Waals surface area contributed by atoms with Gasteiger partial charge in [0.25, 0.3) is 0 Å². The van der Waals surface area contributed by atoms with Crippen LogP contribution in [-0.2, 0) is 80.9 Å². The number of carbonyl (C=O) groups is 11. The molecule has 0 spiro atoms. The van der Waals surface area contributed by atoms with Gasteiger partial charge in [0, 0.05) is 50.4 Å². The molecule has 0 aromatic heterocycles. The fourth-order valence-corrected chi connectivity index (χ4v) is 20.0. The molecule has 9 N–H and O–H groups in total. The maximum Gasteiger partial charge on any atom is 0.408 e. The van der Waals surface area contributed by atoms with E-state index < -0.39 is 231 Å². The van der Waals surface area contributed by atoms with Gasteiger partial charge in [0.1, 0.15) is 77.3 Å². The van der Waals surface area contributed by atoms with E-state index in [9.17, 15) is 78.9 Å². The second-order valence-electron chi connectivity index (χ2n) is 36.9. The molecule has 22 atom stereocenters. The summed E-state index contributed by atoms with van der Waals surface area (Å²) in [7, 11) is 0. The van der Waals surface area contributed by atoms with Gasteiger partial charge in [0.15, 0.2) is 28.9 Å². The first-order chi connectivity index (χ1) is 57.9. The molecule has 5 aromatic rings. The van der Waals surface area contributed by atoms with Gasteiger partial charge in [0.05, 0.1) is 70.8 Å². The molecule has 6 aliphatic carbocycles. The molecule has 13 rings (SSSR count). The third-order valence-electron chi connectivity index (χ3n) is 26.4. The van der Waals surface area contributed by atoms with E-state index in [1.165, 1.54) is 64.1 Å². The third kappa shape index (κ3) is 16.7. The molecule has 4 saturated carbocycles. The van der Waals surface area contributed by atoms with E-state index in [-0.39, 0.29) is 65.0 Å². The van der Waals surface area contributed by atoms with Crippen LogP contribution < -0.4 is 10.6 Å². The summed E-state index contributed by atoms with van der Waals surface area (Å²) in [5.41, 5.74) is -16.6. The Labute approximate surface area is 717 Å². The van der Waals surface area contributed by atoms with Crippen LogP contribution >= 0.6 is 0 Å². The topological polar surface area (TPSA) is 455 Å². The highest BCUT2D eigenvalue weighted by molar-refractivity contribution is 5.96. The Hall–Kier alpha value is -10.6. The summed E-state index contributed by atoms with van der Waals surface area (Å²) in [6.07, 6.45) is -23.2. The number of aliphatic hydroxyl groups excluding tert-OH is 5. The number of carbonyl (C=O) groups excluding carboxylic acids is 11. The van der Waals surface area contributed by atoms with E-state index in [2.05, 4.69) is 10.6 Å². The van der Waals surface area contributed by atoms with Crippen LogP contribution in [-0.4, -0.2) is 221 Å². The Morgan fingerprint density at radius 2 is 0.782 bits per heavy atom. The first kappa shape index (κ1) is 92.6. The molecule has 2 amide bonds. The molecule has 4 bridgehead atoms. The molecule has 0 radical (unpaired) electrons. The summed E-state index contributed by atoms with van der Waals surface area (Å²) in [5.74, 6) is -11.8. The van der Waals surface area contributed by atoms with Crippen molar-refractivity contribution in [3.63, 3.8) is 0 Å². The minimum atomic E-state index is -2.42. The van der Waals surface area contributed by atoms with Crippen molar-refractivity contribution < 1.29 is 141 Å². The molecule has 6 fully saturated rings. The molecular formula is C93H110N2O29. The van der Waals surface area contributed by atoms with E-state index in [1.807, 2.05) is 0 Å². The van der Waals surface area contributed by atoms with Gasteiger partial charge in [-0.15, -0.1) is 0 Å². The average molecular weight is 1720 g/mol. The van der Waals surface area contributed by atoms with E-state index in [4.69, 9.17) is 52.1 Å². The molecule has 2 saturated heterocycles. The van der Waals surface area contributed by atoms with Gasteiger partial charge in [-0.3, -0.25) is 19.2 Å². The van der Waals surface area contributed by atoms with Crippen molar-refractivity contribution in [3.8, 4) is 0 Å². The van der Waals surface area contributed by atoms with Crippen LogP contribution in [0.4, 0.5) is 9.59 Å². The highest BCUT2D eigenvalue weighted by Crippen LogP contribution is 2.67. The molecule has 5 aromatic carbocycles. The summed E-state index contributed by atoms with van der Waals surface area (Å²) in [5, 5.41) is 92.3. The number of hydrogen-bond donors (Lipinski definition) is 9. The molecule has 31 heteroatoms. The quantitative estimate of drug-likeness (QED) is 0.0226. The zero-order valence-corrected chi connectivity index (χ0v) is 72.0. The first-order valence-electron chi connectivity index (χ1n) is 41.2. The van der Waals surface area contributed by atoms with Crippen LogP contribution in [0.25, 0.3) is 0 Å². The molecule has 2 heterocycles. The van der Waals surface area contributed by atoms with Crippen LogP contribution in [0.1, 0.15) is 191 Å². The van der Waals surface area contributed by atoms with Crippen molar-refractivity contribution in [3.05, 3.63) is 202 Å². The second-order valence-corrected chi connectivity index (χ2v) is 36.9.